The number of benzene rings is 2. The third-order valence-electron chi connectivity index (χ3n) is 2.63. The first kappa shape index (κ1) is 13.4. The quantitative estimate of drug-likeness (QED) is 0.893. The van der Waals surface area contributed by atoms with E-state index in [1.54, 1.807) is 24.3 Å². The van der Waals surface area contributed by atoms with Gasteiger partial charge in [0.05, 0.1) is 6.54 Å². The molecule has 0 heterocycles. The second kappa shape index (κ2) is 6.25. The molecule has 2 N–H and O–H groups in total. The Balaban J connectivity index is 1.84. The fourth-order valence-electron chi connectivity index (χ4n) is 1.59. The highest BCUT2D eigenvalue weighted by molar-refractivity contribution is 6.30. The van der Waals surface area contributed by atoms with Gasteiger partial charge in [-0.3, -0.25) is 4.79 Å². The van der Waals surface area contributed by atoms with Crippen LogP contribution in [0.25, 0.3) is 0 Å². The molecule has 0 aliphatic heterocycles. The minimum atomic E-state index is -0.0945. The molecule has 0 aliphatic carbocycles. The van der Waals surface area contributed by atoms with Crippen molar-refractivity contribution in [1.82, 2.24) is 0 Å². The first-order valence-electron chi connectivity index (χ1n) is 5.99. The molecule has 0 unspecified atom stereocenters. The molecule has 2 rings (SSSR count). The van der Waals surface area contributed by atoms with E-state index in [-0.39, 0.29) is 12.5 Å². The second-order valence-corrected chi connectivity index (χ2v) is 4.71. The van der Waals surface area contributed by atoms with Gasteiger partial charge in [-0.15, -0.1) is 0 Å². The van der Waals surface area contributed by atoms with Crippen LogP contribution in [0.4, 0.5) is 11.4 Å². The number of aryl methyl sites for hydroxylation is 1. The molecule has 98 valence electrons. The summed E-state index contributed by atoms with van der Waals surface area (Å²) in [6, 6.07) is 14.9. The lowest BCUT2D eigenvalue weighted by atomic mass is 10.2. The van der Waals surface area contributed by atoms with Gasteiger partial charge in [-0.1, -0.05) is 29.3 Å². The van der Waals surface area contributed by atoms with E-state index in [1.807, 2.05) is 31.2 Å². The molecule has 0 aromatic heterocycles. The summed E-state index contributed by atoms with van der Waals surface area (Å²) in [5, 5.41) is 6.50. The van der Waals surface area contributed by atoms with Crippen LogP contribution in [0.2, 0.25) is 5.02 Å². The molecular weight excluding hydrogens is 260 g/mol. The molecule has 3 nitrogen and oxygen atoms in total. The van der Waals surface area contributed by atoms with Crippen LogP contribution in [0.15, 0.2) is 48.5 Å². The summed E-state index contributed by atoms with van der Waals surface area (Å²) in [7, 11) is 0. The predicted molar refractivity (Wildman–Crippen MR) is 79.8 cm³/mol. The van der Waals surface area contributed by atoms with Gasteiger partial charge in [-0.05, 0) is 43.3 Å². The molecule has 19 heavy (non-hydrogen) atoms. The van der Waals surface area contributed by atoms with Crippen molar-refractivity contribution in [3.8, 4) is 0 Å². The van der Waals surface area contributed by atoms with Crippen molar-refractivity contribution in [2.75, 3.05) is 17.2 Å². The van der Waals surface area contributed by atoms with Crippen LogP contribution in [0.3, 0.4) is 0 Å². The molecule has 0 fully saturated rings. The Labute approximate surface area is 117 Å². The van der Waals surface area contributed by atoms with Crippen LogP contribution in [0.5, 0.6) is 0 Å². The predicted octanol–water partition coefficient (Wildman–Crippen LogP) is 3.70. The summed E-state index contributed by atoms with van der Waals surface area (Å²) in [4.78, 5) is 11.7. The fourth-order valence-corrected chi connectivity index (χ4v) is 1.72. The Kier molecular flexibility index (Phi) is 4.42. The van der Waals surface area contributed by atoms with Crippen LogP contribution >= 0.6 is 11.6 Å². The van der Waals surface area contributed by atoms with Crippen molar-refractivity contribution in [2.45, 2.75) is 6.92 Å². The Morgan fingerprint density at radius 2 is 1.58 bits per heavy atom. The summed E-state index contributed by atoms with van der Waals surface area (Å²) >= 11 is 5.78. The Morgan fingerprint density at radius 1 is 1.00 bits per heavy atom. The van der Waals surface area contributed by atoms with E-state index >= 15 is 0 Å². The zero-order valence-corrected chi connectivity index (χ0v) is 11.4. The number of anilines is 2. The van der Waals surface area contributed by atoms with Gasteiger partial charge in [-0.25, -0.2) is 0 Å². The lowest BCUT2D eigenvalue weighted by Gasteiger charge is -2.08. The molecule has 2 aromatic rings. The number of halogens is 1. The summed E-state index contributed by atoms with van der Waals surface area (Å²) in [6.45, 7) is 2.25. The molecule has 0 saturated carbocycles. The van der Waals surface area contributed by atoms with Crippen molar-refractivity contribution < 1.29 is 4.79 Å². The third-order valence-corrected chi connectivity index (χ3v) is 2.88. The number of amides is 1. The Hall–Kier alpha value is -2.00. The summed E-state index contributed by atoms with van der Waals surface area (Å²) in [5.74, 6) is -0.0945. The zero-order chi connectivity index (χ0) is 13.7. The molecule has 2 aromatic carbocycles. The standard InChI is InChI=1S/C15H15ClN2O/c1-11-2-6-13(7-3-11)17-10-15(19)18-14-8-4-12(16)5-9-14/h2-9,17H,10H2,1H3,(H,18,19). The Bertz CT molecular complexity index is 549. The molecule has 0 bridgehead atoms. The highest BCUT2D eigenvalue weighted by Gasteiger charge is 2.02. The second-order valence-electron chi connectivity index (χ2n) is 4.27. The molecule has 0 spiro atoms. The van der Waals surface area contributed by atoms with Gasteiger partial charge < -0.3 is 10.6 Å². The topological polar surface area (TPSA) is 41.1 Å². The van der Waals surface area contributed by atoms with E-state index in [0.717, 1.165) is 11.4 Å². The number of hydrogen-bond donors (Lipinski definition) is 2. The van der Waals surface area contributed by atoms with Crippen molar-refractivity contribution in [1.29, 1.82) is 0 Å². The maximum atomic E-state index is 11.7. The van der Waals surface area contributed by atoms with Crippen molar-refractivity contribution >= 4 is 28.9 Å². The monoisotopic (exact) mass is 274 g/mol. The van der Waals surface area contributed by atoms with E-state index in [4.69, 9.17) is 11.6 Å². The van der Waals surface area contributed by atoms with Gasteiger partial charge in [0.1, 0.15) is 0 Å². The molecule has 0 aliphatic rings. The minimum Gasteiger partial charge on any atom is -0.376 e. The normalized spacial score (nSPS) is 10.0. The van der Waals surface area contributed by atoms with Crippen molar-refractivity contribution in [3.05, 3.63) is 59.1 Å². The van der Waals surface area contributed by atoms with Crippen LogP contribution in [0.1, 0.15) is 5.56 Å². The summed E-state index contributed by atoms with van der Waals surface area (Å²) in [6.07, 6.45) is 0. The third kappa shape index (κ3) is 4.30. The minimum absolute atomic E-state index is 0.0945. The average Bonchev–Trinajstić information content (AvgIpc) is 2.41. The van der Waals surface area contributed by atoms with Crippen LogP contribution < -0.4 is 10.6 Å². The first-order chi connectivity index (χ1) is 9.13. The smallest absolute Gasteiger partial charge is 0.243 e. The number of rotatable bonds is 4. The van der Waals surface area contributed by atoms with E-state index < -0.39 is 0 Å². The van der Waals surface area contributed by atoms with Crippen LogP contribution in [-0.4, -0.2) is 12.5 Å². The van der Waals surface area contributed by atoms with Gasteiger partial charge in [0.15, 0.2) is 0 Å². The van der Waals surface area contributed by atoms with Gasteiger partial charge in [0, 0.05) is 16.4 Å². The van der Waals surface area contributed by atoms with Gasteiger partial charge in [0.25, 0.3) is 0 Å². The molecular formula is C15H15ClN2O. The van der Waals surface area contributed by atoms with Crippen LogP contribution in [-0.2, 0) is 4.79 Å². The number of hydrogen-bond acceptors (Lipinski definition) is 2. The maximum Gasteiger partial charge on any atom is 0.243 e. The lowest BCUT2D eigenvalue weighted by molar-refractivity contribution is -0.114. The summed E-state index contributed by atoms with van der Waals surface area (Å²) < 4.78 is 0. The molecule has 0 saturated heterocycles. The van der Waals surface area contributed by atoms with Crippen molar-refractivity contribution in [2.24, 2.45) is 0 Å². The Morgan fingerprint density at radius 3 is 2.21 bits per heavy atom. The van der Waals surface area contributed by atoms with E-state index in [2.05, 4.69) is 10.6 Å². The average molecular weight is 275 g/mol. The van der Waals surface area contributed by atoms with Crippen molar-refractivity contribution in [3.63, 3.8) is 0 Å². The maximum absolute atomic E-state index is 11.7. The van der Waals surface area contributed by atoms with Gasteiger partial charge >= 0.3 is 0 Å². The van der Waals surface area contributed by atoms with Gasteiger partial charge in [-0.2, -0.15) is 0 Å². The van der Waals surface area contributed by atoms with E-state index in [9.17, 15) is 4.79 Å². The first-order valence-corrected chi connectivity index (χ1v) is 6.37. The largest absolute Gasteiger partial charge is 0.376 e. The molecule has 0 atom stereocenters. The zero-order valence-electron chi connectivity index (χ0n) is 10.6. The number of carbonyl (C=O) groups is 1. The molecule has 0 radical (unpaired) electrons. The van der Waals surface area contributed by atoms with E-state index in [1.165, 1.54) is 5.56 Å². The summed E-state index contributed by atoms with van der Waals surface area (Å²) in [5.41, 5.74) is 2.85. The van der Waals surface area contributed by atoms with E-state index in [0.29, 0.717) is 5.02 Å². The fraction of sp³-hybridized carbons (Fsp3) is 0.133. The molecule has 4 heteroatoms. The SMILES string of the molecule is Cc1ccc(NCC(=O)Nc2ccc(Cl)cc2)cc1. The van der Waals surface area contributed by atoms with Gasteiger partial charge in [0.2, 0.25) is 5.91 Å². The highest BCUT2D eigenvalue weighted by atomic mass is 35.5. The van der Waals surface area contributed by atoms with Crippen LogP contribution in [0, 0.1) is 6.92 Å². The number of nitrogens with one attached hydrogen (secondary N) is 2. The molecule has 1 amide bonds. The highest BCUT2D eigenvalue weighted by Crippen LogP contribution is 2.13. The number of carbonyl (C=O) groups excluding carboxylic acids is 1. The lowest BCUT2D eigenvalue weighted by Crippen LogP contribution is -2.21.